The third kappa shape index (κ3) is 6.48. The summed E-state index contributed by atoms with van der Waals surface area (Å²) >= 11 is 0. The molecule has 0 saturated carbocycles. The second-order valence-corrected chi connectivity index (χ2v) is 15.2. The lowest BCUT2D eigenvalue weighted by Gasteiger charge is -2.45. The highest BCUT2D eigenvalue weighted by molar-refractivity contribution is 6.74. The number of hydrogen-bond donors (Lipinski definition) is 1. The summed E-state index contributed by atoms with van der Waals surface area (Å²) in [5.41, 5.74) is -0.784. The molecule has 0 aromatic heterocycles. The molecule has 4 nitrogen and oxygen atoms in total. The van der Waals surface area contributed by atoms with Crippen LogP contribution in [0.5, 0.6) is 0 Å². The Bertz CT molecular complexity index is 719. The molecule has 1 aromatic rings. The van der Waals surface area contributed by atoms with Gasteiger partial charge in [-0.25, -0.2) is 4.79 Å². The largest absolute Gasteiger partial charge is 0.465 e. The third-order valence-corrected chi connectivity index (χ3v) is 10.5. The van der Waals surface area contributed by atoms with Gasteiger partial charge in [0.25, 0.3) is 0 Å². The van der Waals surface area contributed by atoms with E-state index in [4.69, 9.17) is 4.43 Å². The number of halogens is 3. The van der Waals surface area contributed by atoms with Gasteiger partial charge in [0.1, 0.15) is 0 Å². The normalized spacial score (nSPS) is 15.6. The Balaban J connectivity index is 3.33. The fourth-order valence-corrected chi connectivity index (χ4v) is 4.10. The molecule has 0 heterocycles. The molecule has 1 rings (SSSR count). The lowest BCUT2D eigenvalue weighted by atomic mass is 9.89. The molecule has 2 atom stereocenters. The fourth-order valence-electron chi connectivity index (χ4n) is 3.08. The zero-order valence-electron chi connectivity index (χ0n) is 19.5. The van der Waals surface area contributed by atoms with Gasteiger partial charge in [-0.3, -0.25) is 4.90 Å². The second-order valence-electron chi connectivity index (χ2n) is 10.4. The van der Waals surface area contributed by atoms with Crippen LogP contribution in [-0.4, -0.2) is 42.6 Å². The first-order valence-electron chi connectivity index (χ1n) is 10.1. The topological polar surface area (TPSA) is 49.8 Å². The van der Waals surface area contributed by atoms with Crippen molar-refractivity contribution in [3.63, 3.8) is 0 Å². The smallest absolute Gasteiger partial charge is 0.416 e. The Kier molecular flexibility index (Phi) is 7.86. The lowest BCUT2D eigenvalue weighted by Crippen LogP contribution is -2.56. The van der Waals surface area contributed by atoms with Crippen molar-refractivity contribution in [1.82, 2.24) is 4.90 Å². The van der Waals surface area contributed by atoms with Crippen molar-refractivity contribution in [2.75, 3.05) is 6.61 Å². The predicted octanol–water partition coefficient (Wildman–Crippen LogP) is 6.98. The van der Waals surface area contributed by atoms with Gasteiger partial charge in [0.2, 0.25) is 0 Å². The van der Waals surface area contributed by atoms with Gasteiger partial charge in [0.15, 0.2) is 8.32 Å². The minimum Gasteiger partial charge on any atom is -0.465 e. The highest BCUT2D eigenvalue weighted by atomic mass is 28.4. The summed E-state index contributed by atoms with van der Waals surface area (Å²) < 4.78 is 45.2. The van der Waals surface area contributed by atoms with Gasteiger partial charge in [-0.15, -0.1) is 0 Å². The Labute approximate surface area is 179 Å². The van der Waals surface area contributed by atoms with Gasteiger partial charge >= 0.3 is 12.3 Å². The lowest BCUT2D eigenvalue weighted by molar-refractivity contribution is -0.137. The van der Waals surface area contributed by atoms with Crippen LogP contribution >= 0.6 is 0 Å². The summed E-state index contributed by atoms with van der Waals surface area (Å²) in [7, 11) is -2.16. The maximum absolute atomic E-state index is 12.9. The quantitative estimate of drug-likeness (QED) is 0.479. The number of alkyl halides is 3. The zero-order valence-corrected chi connectivity index (χ0v) is 20.5. The van der Waals surface area contributed by atoms with Gasteiger partial charge in [0, 0.05) is 11.5 Å². The second kappa shape index (κ2) is 8.90. The van der Waals surface area contributed by atoms with Crippen molar-refractivity contribution in [3.05, 3.63) is 35.4 Å². The monoisotopic (exact) mass is 447 g/mol. The number of nitrogens with zero attached hydrogens (tertiary/aromatic N) is 1. The van der Waals surface area contributed by atoms with Crippen molar-refractivity contribution < 1.29 is 27.5 Å². The highest BCUT2D eigenvalue weighted by Gasteiger charge is 2.42. The summed E-state index contributed by atoms with van der Waals surface area (Å²) in [4.78, 5) is 13.5. The van der Waals surface area contributed by atoms with E-state index in [1.165, 1.54) is 17.0 Å². The minimum atomic E-state index is -4.41. The van der Waals surface area contributed by atoms with E-state index in [9.17, 15) is 23.1 Å². The number of benzene rings is 1. The molecular formula is C22H36F3NO3Si. The highest BCUT2D eigenvalue weighted by Crippen LogP contribution is 2.38. The first-order valence-corrected chi connectivity index (χ1v) is 13.0. The van der Waals surface area contributed by atoms with Crippen molar-refractivity contribution in [2.45, 2.75) is 90.3 Å². The predicted molar refractivity (Wildman–Crippen MR) is 116 cm³/mol. The van der Waals surface area contributed by atoms with E-state index in [0.29, 0.717) is 5.56 Å². The maximum Gasteiger partial charge on any atom is 0.416 e. The van der Waals surface area contributed by atoms with Gasteiger partial charge in [-0.2, -0.15) is 13.2 Å². The van der Waals surface area contributed by atoms with Gasteiger partial charge in [0.05, 0.1) is 18.2 Å². The van der Waals surface area contributed by atoms with Crippen LogP contribution in [0.1, 0.15) is 65.5 Å². The number of rotatable bonds is 6. The van der Waals surface area contributed by atoms with E-state index in [0.717, 1.165) is 12.1 Å². The van der Waals surface area contributed by atoms with E-state index in [1.807, 2.05) is 6.92 Å². The average molecular weight is 448 g/mol. The van der Waals surface area contributed by atoms with Crippen LogP contribution in [0.25, 0.3) is 0 Å². The van der Waals surface area contributed by atoms with E-state index in [1.54, 1.807) is 20.8 Å². The third-order valence-electron chi connectivity index (χ3n) is 6.02. The van der Waals surface area contributed by atoms with Crippen LogP contribution < -0.4 is 0 Å². The summed E-state index contributed by atoms with van der Waals surface area (Å²) in [5, 5.41) is 9.90. The van der Waals surface area contributed by atoms with Crippen molar-refractivity contribution >= 4 is 14.4 Å². The van der Waals surface area contributed by atoms with Crippen LogP contribution in [0.4, 0.5) is 18.0 Å². The summed E-state index contributed by atoms with van der Waals surface area (Å²) in [6, 6.07) is 4.39. The maximum atomic E-state index is 12.9. The van der Waals surface area contributed by atoms with Crippen LogP contribution in [0.15, 0.2) is 24.3 Å². The van der Waals surface area contributed by atoms with E-state index >= 15 is 0 Å². The van der Waals surface area contributed by atoms with E-state index in [-0.39, 0.29) is 17.6 Å². The Morgan fingerprint density at radius 3 is 1.87 bits per heavy atom. The molecule has 0 saturated heterocycles. The van der Waals surface area contributed by atoms with Crippen molar-refractivity contribution in [2.24, 2.45) is 0 Å². The Morgan fingerprint density at radius 1 is 1.07 bits per heavy atom. The SMILES string of the molecule is C[C@@H](c1ccc(C(F)(F)F)cc1)[C@@H](CO[Si](C)(C)C(C)(C)C)N(C(=O)O)C(C)(C)C. The average Bonchev–Trinajstić information content (AvgIpc) is 2.54. The zero-order chi connectivity index (χ0) is 23.7. The van der Waals surface area contributed by atoms with Crippen LogP contribution in [0.2, 0.25) is 18.1 Å². The summed E-state index contributed by atoms with van der Waals surface area (Å²) in [5.74, 6) is -0.354. The molecule has 1 N–H and O–H groups in total. The van der Waals surface area contributed by atoms with Crippen molar-refractivity contribution in [1.29, 1.82) is 0 Å². The number of carboxylic acid groups (broad SMARTS) is 1. The Hall–Kier alpha value is -1.54. The molecule has 8 heteroatoms. The molecule has 172 valence electrons. The minimum absolute atomic E-state index is 0.0507. The van der Waals surface area contributed by atoms with Gasteiger partial charge in [-0.1, -0.05) is 39.8 Å². The molecule has 0 unspecified atom stereocenters. The first-order chi connectivity index (χ1) is 13.3. The number of amides is 1. The molecule has 0 aliphatic rings. The molecule has 1 aromatic carbocycles. The molecule has 0 spiro atoms. The van der Waals surface area contributed by atoms with Gasteiger partial charge < -0.3 is 9.53 Å². The summed E-state index contributed by atoms with van der Waals surface area (Å²) in [6.07, 6.45) is -5.49. The van der Waals surface area contributed by atoms with Gasteiger partial charge in [-0.05, 0) is 56.6 Å². The molecule has 30 heavy (non-hydrogen) atoms. The standard InChI is InChI=1S/C22H36F3NO3Si/c1-15(16-10-12-17(13-11-16)22(23,24)25)18(26(19(27)28)20(2,3)4)14-29-30(8,9)21(5,6)7/h10-13,15,18H,14H2,1-9H3,(H,27,28)/t15-,18+/m0/s1. The molecule has 0 radical (unpaired) electrons. The molecule has 1 amide bonds. The van der Waals surface area contributed by atoms with Crippen LogP contribution in [0, 0.1) is 0 Å². The molecule has 0 bridgehead atoms. The molecule has 0 aliphatic heterocycles. The van der Waals surface area contributed by atoms with E-state index < -0.39 is 37.7 Å². The molecule has 0 fully saturated rings. The first kappa shape index (κ1) is 26.5. The summed E-state index contributed by atoms with van der Waals surface area (Å²) in [6.45, 7) is 17.9. The Morgan fingerprint density at radius 2 is 1.53 bits per heavy atom. The molecular weight excluding hydrogens is 411 g/mol. The molecule has 0 aliphatic carbocycles. The fraction of sp³-hybridized carbons (Fsp3) is 0.682. The van der Waals surface area contributed by atoms with Crippen LogP contribution in [-0.2, 0) is 10.6 Å². The van der Waals surface area contributed by atoms with E-state index in [2.05, 4.69) is 33.9 Å². The number of hydrogen-bond acceptors (Lipinski definition) is 2. The van der Waals surface area contributed by atoms with Crippen LogP contribution in [0.3, 0.4) is 0 Å². The van der Waals surface area contributed by atoms with Crippen molar-refractivity contribution in [3.8, 4) is 0 Å². The number of carbonyl (C=O) groups is 1.